The molecule has 0 bridgehead atoms. The van der Waals surface area contributed by atoms with E-state index < -0.39 is 0 Å². The van der Waals surface area contributed by atoms with Crippen molar-refractivity contribution in [3.63, 3.8) is 0 Å². The Balaban J connectivity index is 1.98. The van der Waals surface area contributed by atoms with Crippen LogP contribution < -0.4 is 10.1 Å². The number of nitrogens with one attached hydrogen (secondary N) is 1. The molecule has 112 valence electrons. The van der Waals surface area contributed by atoms with Crippen molar-refractivity contribution < 1.29 is 4.74 Å². The molecule has 0 spiro atoms. The molecule has 0 amide bonds. The SMILES string of the molecule is CCCCCCOc1cccc2c1CCCC2NCC. The predicted molar refractivity (Wildman–Crippen MR) is 85.4 cm³/mol. The van der Waals surface area contributed by atoms with Crippen LogP contribution in [-0.4, -0.2) is 13.2 Å². The van der Waals surface area contributed by atoms with Crippen LogP contribution in [0.2, 0.25) is 0 Å². The lowest BCUT2D eigenvalue weighted by Crippen LogP contribution is -2.25. The maximum atomic E-state index is 6.05. The highest BCUT2D eigenvalue weighted by Crippen LogP contribution is 2.35. The normalized spacial score (nSPS) is 17.8. The molecular formula is C18H29NO. The van der Waals surface area contributed by atoms with Crippen LogP contribution in [0.5, 0.6) is 5.75 Å². The summed E-state index contributed by atoms with van der Waals surface area (Å²) in [6.07, 6.45) is 8.74. The molecule has 1 N–H and O–H groups in total. The lowest BCUT2D eigenvalue weighted by Gasteiger charge is -2.27. The summed E-state index contributed by atoms with van der Waals surface area (Å²) >= 11 is 0. The van der Waals surface area contributed by atoms with Gasteiger partial charge in [-0.05, 0) is 49.4 Å². The minimum atomic E-state index is 0.521. The Morgan fingerprint density at radius 2 is 2.10 bits per heavy atom. The molecule has 0 heterocycles. The summed E-state index contributed by atoms with van der Waals surface area (Å²) in [5.74, 6) is 1.13. The Hall–Kier alpha value is -1.02. The van der Waals surface area contributed by atoms with E-state index in [4.69, 9.17) is 4.74 Å². The number of unbranched alkanes of at least 4 members (excludes halogenated alkanes) is 3. The molecule has 0 saturated carbocycles. The van der Waals surface area contributed by atoms with Gasteiger partial charge in [-0.25, -0.2) is 0 Å². The second-order valence-corrected chi connectivity index (χ2v) is 5.74. The number of ether oxygens (including phenoxy) is 1. The molecule has 1 aromatic carbocycles. The topological polar surface area (TPSA) is 21.3 Å². The zero-order valence-electron chi connectivity index (χ0n) is 13.1. The van der Waals surface area contributed by atoms with Gasteiger partial charge in [-0.1, -0.05) is 45.2 Å². The van der Waals surface area contributed by atoms with Gasteiger partial charge in [-0.15, -0.1) is 0 Å². The predicted octanol–water partition coefficient (Wildman–Crippen LogP) is 4.63. The molecule has 20 heavy (non-hydrogen) atoms. The van der Waals surface area contributed by atoms with Crippen LogP contribution in [0.15, 0.2) is 18.2 Å². The number of rotatable bonds is 8. The summed E-state index contributed by atoms with van der Waals surface area (Å²) in [5, 5.41) is 3.60. The van der Waals surface area contributed by atoms with E-state index in [1.54, 1.807) is 0 Å². The summed E-state index contributed by atoms with van der Waals surface area (Å²) in [6.45, 7) is 6.33. The van der Waals surface area contributed by atoms with E-state index in [2.05, 4.69) is 37.4 Å². The van der Waals surface area contributed by atoms with E-state index in [1.165, 1.54) is 56.1 Å². The first-order valence-corrected chi connectivity index (χ1v) is 8.34. The van der Waals surface area contributed by atoms with Crippen LogP contribution in [0.1, 0.15) is 69.5 Å². The van der Waals surface area contributed by atoms with Gasteiger partial charge in [0.15, 0.2) is 0 Å². The Labute approximate surface area is 123 Å². The molecule has 2 rings (SSSR count). The smallest absolute Gasteiger partial charge is 0.122 e. The summed E-state index contributed by atoms with van der Waals surface area (Å²) in [7, 11) is 0. The van der Waals surface area contributed by atoms with Crippen LogP contribution in [0.4, 0.5) is 0 Å². The molecule has 1 unspecified atom stereocenters. The Morgan fingerprint density at radius 3 is 2.90 bits per heavy atom. The second-order valence-electron chi connectivity index (χ2n) is 5.74. The van der Waals surface area contributed by atoms with Crippen molar-refractivity contribution in [3.8, 4) is 5.75 Å². The van der Waals surface area contributed by atoms with Gasteiger partial charge in [-0.3, -0.25) is 0 Å². The fraction of sp³-hybridized carbons (Fsp3) is 0.667. The molecule has 1 atom stereocenters. The van der Waals surface area contributed by atoms with Crippen LogP contribution >= 0.6 is 0 Å². The third-order valence-electron chi connectivity index (χ3n) is 4.17. The summed E-state index contributed by atoms with van der Waals surface area (Å²) < 4.78 is 6.05. The zero-order chi connectivity index (χ0) is 14.2. The molecule has 0 aromatic heterocycles. The van der Waals surface area contributed by atoms with Gasteiger partial charge < -0.3 is 10.1 Å². The molecule has 1 aromatic rings. The lowest BCUT2D eigenvalue weighted by atomic mass is 9.87. The van der Waals surface area contributed by atoms with Gasteiger partial charge in [0.05, 0.1) is 6.61 Å². The Morgan fingerprint density at radius 1 is 1.20 bits per heavy atom. The maximum absolute atomic E-state index is 6.05. The standard InChI is InChI=1S/C18H29NO/c1-3-5-6-7-14-20-18-13-9-10-15-16(18)11-8-12-17(15)19-4-2/h9-10,13,17,19H,3-8,11-12,14H2,1-2H3. The van der Waals surface area contributed by atoms with E-state index in [1.807, 2.05) is 0 Å². The first-order valence-electron chi connectivity index (χ1n) is 8.34. The maximum Gasteiger partial charge on any atom is 0.122 e. The average molecular weight is 275 g/mol. The highest BCUT2D eigenvalue weighted by Gasteiger charge is 2.21. The first-order chi connectivity index (χ1) is 9.86. The fourth-order valence-electron chi connectivity index (χ4n) is 3.12. The zero-order valence-corrected chi connectivity index (χ0v) is 13.1. The summed E-state index contributed by atoms with van der Waals surface area (Å²) in [6, 6.07) is 7.08. The molecule has 2 heteroatoms. The molecule has 0 saturated heterocycles. The highest BCUT2D eigenvalue weighted by molar-refractivity contribution is 5.43. The van der Waals surface area contributed by atoms with Crippen molar-refractivity contribution in [3.05, 3.63) is 29.3 Å². The number of fused-ring (bicyclic) bond motifs is 1. The largest absolute Gasteiger partial charge is 0.493 e. The van der Waals surface area contributed by atoms with Gasteiger partial charge >= 0.3 is 0 Å². The van der Waals surface area contributed by atoms with Crippen molar-refractivity contribution in [2.75, 3.05) is 13.2 Å². The minimum absolute atomic E-state index is 0.521. The van der Waals surface area contributed by atoms with Crippen LogP contribution in [0.3, 0.4) is 0 Å². The van der Waals surface area contributed by atoms with E-state index in [-0.39, 0.29) is 0 Å². The summed E-state index contributed by atoms with van der Waals surface area (Å²) in [4.78, 5) is 0. The molecule has 1 aliphatic rings. The van der Waals surface area contributed by atoms with Crippen LogP contribution in [0.25, 0.3) is 0 Å². The Kier molecular flexibility index (Phi) is 6.38. The summed E-state index contributed by atoms with van der Waals surface area (Å²) in [5.41, 5.74) is 2.91. The lowest BCUT2D eigenvalue weighted by molar-refractivity contribution is 0.299. The second kappa shape index (κ2) is 8.31. The quantitative estimate of drug-likeness (QED) is 0.698. The van der Waals surface area contributed by atoms with Crippen LogP contribution in [0, 0.1) is 0 Å². The molecule has 1 aliphatic carbocycles. The van der Waals surface area contributed by atoms with E-state index >= 15 is 0 Å². The average Bonchev–Trinajstić information content (AvgIpc) is 2.48. The molecule has 2 nitrogen and oxygen atoms in total. The van der Waals surface area contributed by atoms with Crippen LogP contribution in [-0.2, 0) is 6.42 Å². The van der Waals surface area contributed by atoms with Gasteiger partial charge in [-0.2, -0.15) is 0 Å². The molecular weight excluding hydrogens is 246 g/mol. The van der Waals surface area contributed by atoms with E-state index in [0.29, 0.717) is 6.04 Å². The van der Waals surface area contributed by atoms with E-state index in [0.717, 1.165) is 18.9 Å². The monoisotopic (exact) mass is 275 g/mol. The van der Waals surface area contributed by atoms with Crippen molar-refractivity contribution in [2.24, 2.45) is 0 Å². The minimum Gasteiger partial charge on any atom is -0.493 e. The van der Waals surface area contributed by atoms with Crippen molar-refractivity contribution in [2.45, 2.75) is 64.8 Å². The van der Waals surface area contributed by atoms with Gasteiger partial charge in [0.2, 0.25) is 0 Å². The molecule has 0 aliphatic heterocycles. The number of hydrogen-bond donors (Lipinski definition) is 1. The third kappa shape index (κ3) is 3.99. The fourth-order valence-corrected chi connectivity index (χ4v) is 3.12. The number of hydrogen-bond acceptors (Lipinski definition) is 2. The highest BCUT2D eigenvalue weighted by atomic mass is 16.5. The third-order valence-corrected chi connectivity index (χ3v) is 4.17. The first kappa shape index (κ1) is 15.4. The van der Waals surface area contributed by atoms with Gasteiger partial charge in [0.1, 0.15) is 5.75 Å². The molecule has 0 radical (unpaired) electrons. The van der Waals surface area contributed by atoms with Crippen molar-refractivity contribution >= 4 is 0 Å². The van der Waals surface area contributed by atoms with Crippen molar-refractivity contribution in [1.29, 1.82) is 0 Å². The van der Waals surface area contributed by atoms with E-state index in [9.17, 15) is 0 Å². The van der Waals surface area contributed by atoms with Crippen molar-refractivity contribution in [1.82, 2.24) is 5.32 Å². The Bertz CT molecular complexity index is 402. The number of benzene rings is 1. The van der Waals surface area contributed by atoms with Gasteiger partial charge in [0.25, 0.3) is 0 Å². The molecule has 0 fully saturated rings. The van der Waals surface area contributed by atoms with Gasteiger partial charge in [0, 0.05) is 6.04 Å².